The number of ether oxygens (including phenoxy) is 1. The fourth-order valence-electron chi connectivity index (χ4n) is 1.69. The summed E-state index contributed by atoms with van der Waals surface area (Å²) in [6, 6.07) is 4.68. The number of carboxylic acid groups (broad SMARTS) is 1. The van der Waals surface area contributed by atoms with Crippen LogP contribution in [0.25, 0.3) is 0 Å². The third-order valence-corrected chi connectivity index (χ3v) is 2.70. The van der Waals surface area contributed by atoms with Gasteiger partial charge in [-0.05, 0) is 25.0 Å². The van der Waals surface area contributed by atoms with Gasteiger partial charge in [0.1, 0.15) is 11.5 Å². The minimum Gasteiger partial charge on any atom is -0.507 e. The van der Waals surface area contributed by atoms with Gasteiger partial charge in [0.05, 0.1) is 12.2 Å². The molecule has 19 heavy (non-hydrogen) atoms. The molecular formula is C14H18O5. The molecular weight excluding hydrogens is 248 g/mol. The van der Waals surface area contributed by atoms with E-state index in [4.69, 9.17) is 9.84 Å². The number of aliphatic carboxylic acids is 1. The quantitative estimate of drug-likeness (QED) is 0.530. The van der Waals surface area contributed by atoms with Gasteiger partial charge in [0.25, 0.3) is 0 Å². The van der Waals surface area contributed by atoms with Crippen molar-refractivity contribution in [3.63, 3.8) is 0 Å². The lowest BCUT2D eigenvalue weighted by molar-refractivity contribution is -0.137. The van der Waals surface area contributed by atoms with E-state index in [0.717, 1.165) is 19.3 Å². The number of phenolic OH excluding ortho intramolecular Hbond substituents is 1. The monoisotopic (exact) mass is 266 g/mol. The minimum atomic E-state index is -0.772. The third-order valence-electron chi connectivity index (χ3n) is 2.70. The van der Waals surface area contributed by atoms with Crippen molar-refractivity contribution in [2.24, 2.45) is 0 Å². The van der Waals surface area contributed by atoms with Gasteiger partial charge >= 0.3 is 5.97 Å². The van der Waals surface area contributed by atoms with Gasteiger partial charge in [-0.15, -0.1) is 0 Å². The Morgan fingerprint density at radius 2 is 1.95 bits per heavy atom. The van der Waals surface area contributed by atoms with E-state index in [2.05, 4.69) is 0 Å². The molecule has 0 aliphatic rings. The topological polar surface area (TPSA) is 83.8 Å². The van der Waals surface area contributed by atoms with Crippen LogP contribution >= 0.6 is 0 Å². The molecule has 0 bridgehead atoms. The first kappa shape index (κ1) is 15.0. The summed E-state index contributed by atoms with van der Waals surface area (Å²) >= 11 is 0. The third kappa shape index (κ3) is 5.42. The molecule has 1 aromatic carbocycles. The van der Waals surface area contributed by atoms with Gasteiger partial charge in [-0.2, -0.15) is 0 Å². The van der Waals surface area contributed by atoms with Crippen molar-refractivity contribution < 1.29 is 24.5 Å². The second-order valence-electron chi connectivity index (χ2n) is 4.21. The molecule has 0 atom stereocenters. The van der Waals surface area contributed by atoms with E-state index in [0.29, 0.717) is 25.1 Å². The number of rotatable bonds is 9. The summed E-state index contributed by atoms with van der Waals surface area (Å²) in [5.41, 5.74) is 0.161. The summed E-state index contributed by atoms with van der Waals surface area (Å²) in [7, 11) is 0. The lowest BCUT2D eigenvalue weighted by Crippen LogP contribution is -2.00. The molecule has 104 valence electrons. The summed E-state index contributed by atoms with van der Waals surface area (Å²) in [4.78, 5) is 21.1. The highest BCUT2D eigenvalue weighted by Gasteiger charge is 2.07. The Hall–Kier alpha value is -2.04. The summed E-state index contributed by atoms with van der Waals surface area (Å²) in [6.07, 6.45) is 3.94. The number of hydrogen-bond donors (Lipinski definition) is 2. The maximum atomic E-state index is 10.8. The normalized spacial score (nSPS) is 10.1. The first-order valence-corrected chi connectivity index (χ1v) is 6.27. The summed E-state index contributed by atoms with van der Waals surface area (Å²) in [5.74, 6) is -0.485. The first-order chi connectivity index (χ1) is 9.15. The van der Waals surface area contributed by atoms with E-state index in [-0.39, 0.29) is 17.7 Å². The van der Waals surface area contributed by atoms with Crippen LogP contribution in [0, 0.1) is 0 Å². The number of hydrogen-bond acceptors (Lipinski definition) is 4. The average Bonchev–Trinajstić information content (AvgIpc) is 2.37. The Kier molecular flexibility index (Phi) is 6.43. The first-order valence-electron chi connectivity index (χ1n) is 6.27. The van der Waals surface area contributed by atoms with E-state index in [9.17, 15) is 14.7 Å². The fourth-order valence-corrected chi connectivity index (χ4v) is 1.69. The number of benzene rings is 1. The van der Waals surface area contributed by atoms with Crippen LogP contribution in [0.5, 0.6) is 11.5 Å². The second-order valence-corrected chi connectivity index (χ2v) is 4.21. The lowest BCUT2D eigenvalue weighted by Gasteiger charge is -2.09. The van der Waals surface area contributed by atoms with Crippen LogP contribution in [0.1, 0.15) is 42.5 Å². The Labute approximate surface area is 111 Å². The molecule has 0 aromatic heterocycles. The van der Waals surface area contributed by atoms with Gasteiger partial charge in [0.2, 0.25) is 0 Å². The summed E-state index contributed by atoms with van der Waals surface area (Å²) in [6.45, 7) is 0.442. The van der Waals surface area contributed by atoms with Crippen LogP contribution in [0.4, 0.5) is 0 Å². The van der Waals surface area contributed by atoms with E-state index in [1.165, 1.54) is 6.07 Å². The number of carboxylic acids is 1. The minimum absolute atomic E-state index is 0.0889. The second kappa shape index (κ2) is 8.13. The molecule has 0 amide bonds. The van der Waals surface area contributed by atoms with Crippen molar-refractivity contribution in [2.75, 3.05) is 6.61 Å². The van der Waals surface area contributed by atoms with Crippen LogP contribution in [0.3, 0.4) is 0 Å². The smallest absolute Gasteiger partial charge is 0.303 e. The molecule has 5 nitrogen and oxygen atoms in total. The summed E-state index contributed by atoms with van der Waals surface area (Å²) in [5, 5.41) is 17.9. The van der Waals surface area contributed by atoms with E-state index in [1.807, 2.05) is 0 Å². The van der Waals surface area contributed by atoms with Crippen LogP contribution < -0.4 is 4.74 Å². The molecule has 1 aromatic rings. The molecule has 0 radical (unpaired) electrons. The Morgan fingerprint density at radius 1 is 1.21 bits per heavy atom. The van der Waals surface area contributed by atoms with Gasteiger partial charge in [-0.3, -0.25) is 9.59 Å². The zero-order chi connectivity index (χ0) is 14.1. The highest BCUT2D eigenvalue weighted by Crippen LogP contribution is 2.25. The van der Waals surface area contributed by atoms with Gasteiger partial charge in [0, 0.05) is 6.42 Å². The van der Waals surface area contributed by atoms with Crippen molar-refractivity contribution in [3.8, 4) is 11.5 Å². The Balaban J connectivity index is 2.24. The number of aromatic hydroxyl groups is 1. The van der Waals surface area contributed by atoms with Crippen molar-refractivity contribution in [1.82, 2.24) is 0 Å². The van der Waals surface area contributed by atoms with Gasteiger partial charge < -0.3 is 14.9 Å². The van der Waals surface area contributed by atoms with Crippen LogP contribution in [0.2, 0.25) is 0 Å². The lowest BCUT2D eigenvalue weighted by atomic mass is 10.1. The van der Waals surface area contributed by atoms with Crippen LogP contribution in [-0.2, 0) is 4.79 Å². The average molecular weight is 266 g/mol. The molecule has 0 fully saturated rings. The Bertz CT molecular complexity index is 428. The standard InChI is InChI=1S/C14H18O5/c15-10-11-12(16)6-5-7-13(11)19-9-4-2-1-3-8-14(17)18/h5-7,10,16H,1-4,8-9H2,(H,17,18). The molecule has 0 aliphatic carbocycles. The molecule has 0 heterocycles. The molecule has 0 spiro atoms. The van der Waals surface area contributed by atoms with Crippen molar-refractivity contribution in [2.45, 2.75) is 32.1 Å². The predicted molar refractivity (Wildman–Crippen MR) is 69.7 cm³/mol. The van der Waals surface area contributed by atoms with E-state index in [1.54, 1.807) is 12.1 Å². The zero-order valence-electron chi connectivity index (χ0n) is 10.7. The number of carbonyl (C=O) groups excluding carboxylic acids is 1. The number of unbranched alkanes of at least 4 members (excludes halogenated alkanes) is 3. The zero-order valence-corrected chi connectivity index (χ0v) is 10.7. The van der Waals surface area contributed by atoms with Gasteiger partial charge in [-0.1, -0.05) is 18.9 Å². The molecule has 2 N–H and O–H groups in total. The molecule has 0 unspecified atom stereocenters. The highest BCUT2D eigenvalue weighted by atomic mass is 16.5. The largest absolute Gasteiger partial charge is 0.507 e. The van der Waals surface area contributed by atoms with Crippen molar-refractivity contribution in [1.29, 1.82) is 0 Å². The fraction of sp³-hybridized carbons (Fsp3) is 0.429. The van der Waals surface area contributed by atoms with Crippen LogP contribution in [-0.4, -0.2) is 29.1 Å². The molecule has 1 rings (SSSR count). The highest BCUT2D eigenvalue weighted by molar-refractivity contribution is 5.83. The van der Waals surface area contributed by atoms with Gasteiger partial charge in [0.15, 0.2) is 6.29 Å². The molecule has 0 saturated carbocycles. The van der Waals surface area contributed by atoms with Crippen molar-refractivity contribution >= 4 is 12.3 Å². The Morgan fingerprint density at radius 3 is 2.63 bits per heavy atom. The van der Waals surface area contributed by atoms with Gasteiger partial charge in [-0.25, -0.2) is 0 Å². The van der Waals surface area contributed by atoms with E-state index < -0.39 is 5.97 Å². The molecule has 0 saturated heterocycles. The maximum Gasteiger partial charge on any atom is 0.303 e. The number of carbonyl (C=O) groups is 2. The number of aldehydes is 1. The SMILES string of the molecule is O=Cc1c(O)cccc1OCCCCCCC(=O)O. The summed E-state index contributed by atoms with van der Waals surface area (Å²) < 4.78 is 5.43. The molecule has 0 aliphatic heterocycles. The molecule has 5 heteroatoms. The van der Waals surface area contributed by atoms with Crippen LogP contribution in [0.15, 0.2) is 18.2 Å². The maximum absolute atomic E-state index is 10.8. The predicted octanol–water partition coefficient (Wildman–Crippen LogP) is 2.62. The number of phenols is 1. The van der Waals surface area contributed by atoms with E-state index >= 15 is 0 Å². The van der Waals surface area contributed by atoms with Crippen molar-refractivity contribution in [3.05, 3.63) is 23.8 Å².